The zero-order chi connectivity index (χ0) is 9.52. The molecule has 74 valence electrons. The Hall–Kier alpha value is -0.480. The zero-order valence-electron chi connectivity index (χ0n) is 8.68. The quantitative estimate of drug-likeness (QED) is 0.592. The van der Waals surface area contributed by atoms with E-state index in [9.17, 15) is 0 Å². The molecule has 1 N–H and O–H groups in total. The molecule has 0 spiro atoms. The molecule has 1 aliphatic rings. The average Bonchev–Trinajstić information content (AvgIpc) is 2.93. The van der Waals surface area contributed by atoms with Crippen molar-refractivity contribution in [3.8, 4) is 12.3 Å². The van der Waals surface area contributed by atoms with Crippen molar-refractivity contribution in [2.75, 3.05) is 6.54 Å². The molecule has 0 aliphatic heterocycles. The van der Waals surface area contributed by atoms with Gasteiger partial charge in [0.1, 0.15) is 0 Å². The van der Waals surface area contributed by atoms with Crippen LogP contribution in [0.5, 0.6) is 0 Å². The summed E-state index contributed by atoms with van der Waals surface area (Å²) in [6.45, 7) is 3.35. The van der Waals surface area contributed by atoms with Crippen LogP contribution in [0.25, 0.3) is 0 Å². The Labute approximate surface area is 82.3 Å². The maximum atomic E-state index is 5.27. The van der Waals surface area contributed by atoms with Crippen LogP contribution in [-0.2, 0) is 0 Å². The summed E-state index contributed by atoms with van der Waals surface area (Å²) in [4.78, 5) is 0. The first kappa shape index (κ1) is 10.6. The molecule has 1 saturated carbocycles. The maximum Gasteiger partial charge on any atom is 0.0101 e. The molecule has 1 atom stereocenters. The largest absolute Gasteiger partial charge is 0.314 e. The molecule has 0 aromatic heterocycles. The molecule has 0 aromatic carbocycles. The predicted octanol–water partition coefficient (Wildman–Crippen LogP) is 2.57. The Kier molecular flexibility index (Phi) is 4.93. The molecule has 13 heavy (non-hydrogen) atoms. The fraction of sp³-hybridized carbons (Fsp3) is 0.833. The fourth-order valence-corrected chi connectivity index (χ4v) is 1.67. The molecule has 0 amide bonds. The highest BCUT2D eigenvalue weighted by molar-refractivity contribution is 4.87. The van der Waals surface area contributed by atoms with Gasteiger partial charge < -0.3 is 5.32 Å². The van der Waals surface area contributed by atoms with Crippen LogP contribution in [0.2, 0.25) is 0 Å². The lowest BCUT2D eigenvalue weighted by Gasteiger charge is -2.16. The summed E-state index contributed by atoms with van der Waals surface area (Å²) in [7, 11) is 0. The molecular formula is C12H21N. The van der Waals surface area contributed by atoms with Crippen LogP contribution in [-0.4, -0.2) is 12.6 Å². The molecule has 1 rings (SSSR count). The van der Waals surface area contributed by atoms with Gasteiger partial charge in [-0.3, -0.25) is 0 Å². The molecular weight excluding hydrogens is 158 g/mol. The zero-order valence-corrected chi connectivity index (χ0v) is 8.68. The molecule has 0 saturated heterocycles. The van der Waals surface area contributed by atoms with Crippen molar-refractivity contribution < 1.29 is 0 Å². The number of rotatable bonds is 7. The van der Waals surface area contributed by atoms with Crippen molar-refractivity contribution in [2.45, 2.75) is 51.5 Å². The van der Waals surface area contributed by atoms with E-state index in [1.54, 1.807) is 0 Å². The van der Waals surface area contributed by atoms with Crippen LogP contribution in [0.3, 0.4) is 0 Å². The van der Waals surface area contributed by atoms with Crippen LogP contribution in [0, 0.1) is 18.3 Å². The van der Waals surface area contributed by atoms with E-state index in [-0.39, 0.29) is 0 Å². The highest BCUT2D eigenvalue weighted by Gasteiger charge is 2.24. The second kappa shape index (κ2) is 6.05. The van der Waals surface area contributed by atoms with Crippen LogP contribution in [0.4, 0.5) is 0 Å². The van der Waals surface area contributed by atoms with E-state index in [0.29, 0.717) is 6.04 Å². The minimum atomic E-state index is 0.684. The Balaban J connectivity index is 2.12. The minimum Gasteiger partial charge on any atom is -0.314 e. The Morgan fingerprint density at radius 1 is 1.54 bits per heavy atom. The van der Waals surface area contributed by atoms with Gasteiger partial charge in [-0.05, 0) is 31.7 Å². The summed E-state index contributed by atoms with van der Waals surface area (Å²) in [6.07, 6.45) is 12.8. The lowest BCUT2D eigenvalue weighted by molar-refractivity contribution is 0.437. The third-order valence-corrected chi connectivity index (χ3v) is 2.63. The van der Waals surface area contributed by atoms with E-state index in [0.717, 1.165) is 25.3 Å². The molecule has 0 heterocycles. The van der Waals surface area contributed by atoms with Gasteiger partial charge in [-0.25, -0.2) is 0 Å². The van der Waals surface area contributed by atoms with E-state index in [1.165, 1.54) is 25.7 Å². The van der Waals surface area contributed by atoms with Gasteiger partial charge in [-0.15, -0.1) is 12.3 Å². The van der Waals surface area contributed by atoms with Crippen LogP contribution in [0.1, 0.15) is 45.4 Å². The van der Waals surface area contributed by atoms with E-state index in [4.69, 9.17) is 6.42 Å². The average molecular weight is 179 g/mol. The molecule has 0 radical (unpaired) electrons. The molecule has 0 bridgehead atoms. The van der Waals surface area contributed by atoms with Crippen LogP contribution in [0.15, 0.2) is 0 Å². The van der Waals surface area contributed by atoms with E-state index in [1.807, 2.05) is 0 Å². The second-order valence-corrected chi connectivity index (χ2v) is 4.07. The van der Waals surface area contributed by atoms with Crippen LogP contribution < -0.4 is 5.32 Å². The first-order valence-corrected chi connectivity index (χ1v) is 5.53. The SMILES string of the molecule is C#CCCC(CC1CC1)NCCC. The van der Waals surface area contributed by atoms with Crippen molar-refractivity contribution in [1.29, 1.82) is 0 Å². The molecule has 0 aromatic rings. The number of nitrogens with one attached hydrogen (secondary N) is 1. The Morgan fingerprint density at radius 3 is 2.85 bits per heavy atom. The maximum absolute atomic E-state index is 5.27. The third kappa shape index (κ3) is 4.95. The van der Waals surface area contributed by atoms with Gasteiger partial charge in [-0.1, -0.05) is 19.8 Å². The molecule has 1 nitrogen and oxygen atoms in total. The van der Waals surface area contributed by atoms with Gasteiger partial charge in [0, 0.05) is 12.5 Å². The summed E-state index contributed by atoms with van der Waals surface area (Å²) in [5, 5.41) is 3.58. The molecule has 1 unspecified atom stereocenters. The summed E-state index contributed by atoms with van der Waals surface area (Å²) in [5.41, 5.74) is 0. The molecule has 1 fully saturated rings. The minimum absolute atomic E-state index is 0.684. The van der Waals surface area contributed by atoms with E-state index >= 15 is 0 Å². The van der Waals surface area contributed by atoms with Crippen molar-refractivity contribution in [1.82, 2.24) is 5.32 Å². The summed E-state index contributed by atoms with van der Waals surface area (Å²) in [5.74, 6) is 3.73. The fourth-order valence-electron chi connectivity index (χ4n) is 1.67. The molecule has 1 heteroatoms. The second-order valence-electron chi connectivity index (χ2n) is 4.07. The van der Waals surface area contributed by atoms with Gasteiger partial charge in [0.2, 0.25) is 0 Å². The van der Waals surface area contributed by atoms with Gasteiger partial charge in [0.25, 0.3) is 0 Å². The monoisotopic (exact) mass is 179 g/mol. The summed E-state index contributed by atoms with van der Waals surface area (Å²) in [6, 6.07) is 0.684. The summed E-state index contributed by atoms with van der Waals surface area (Å²) < 4.78 is 0. The third-order valence-electron chi connectivity index (χ3n) is 2.63. The van der Waals surface area contributed by atoms with Crippen LogP contribution >= 0.6 is 0 Å². The Bertz CT molecular complexity index is 164. The number of hydrogen-bond donors (Lipinski definition) is 1. The molecule has 1 aliphatic carbocycles. The normalized spacial score (nSPS) is 18.2. The van der Waals surface area contributed by atoms with Crippen molar-refractivity contribution in [2.24, 2.45) is 5.92 Å². The standard InChI is InChI=1S/C12H21N/c1-3-5-6-12(13-9-4-2)10-11-7-8-11/h1,11-13H,4-10H2,2H3. The van der Waals surface area contributed by atoms with Gasteiger partial charge in [0.15, 0.2) is 0 Å². The highest BCUT2D eigenvalue weighted by Crippen LogP contribution is 2.34. The van der Waals surface area contributed by atoms with Crippen molar-refractivity contribution in [3.05, 3.63) is 0 Å². The van der Waals surface area contributed by atoms with E-state index < -0.39 is 0 Å². The Morgan fingerprint density at radius 2 is 2.31 bits per heavy atom. The van der Waals surface area contributed by atoms with Gasteiger partial charge >= 0.3 is 0 Å². The van der Waals surface area contributed by atoms with Gasteiger partial charge in [-0.2, -0.15) is 0 Å². The van der Waals surface area contributed by atoms with Crippen molar-refractivity contribution >= 4 is 0 Å². The van der Waals surface area contributed by atoms with E-state index in [2.05, 4.69) is 18.2 Å². The smallest absolute Gasteiger partial charge is 0.0101 e. The number of terminal acetylenes is 1. The van der Waals surface area contributed by atoms with Gasteiger partial charge in [0.05, 0.1) is 0 Å². The van der Waals surface area contributed by atoms with Crippen molar-refractivity contribution in [3.63, 3.8) is 0 Å². The topological polar surface area (TPSA) is 12.0 Å². The predicted molar refractivity (Wildman–Crippen MR) is 57.5 cm³/mol. The number of hydrogen-bond acceptors (Lipinski definition) is 1. The lowest BCUT2D eigenvalue weighted by atomic mass is 10.1. The first-order chi connectivity index (χ1) is 6.36. The lowest BCUT2D eigenvalue weighted by Crippen LogP contribution is -2.30. The first-order valence-electron chi connectivity index (χ1n) is 5.53. The highest BCUT2D eigenvalue weighted by atomic mass is 14.9. The summed E-state index contributed by atoms with van der Waals surface area (Å²) >= 11 is 0.